The monoisotopic (exact) mass is 374 g/mol. The molecule has 25 heavy (non-hydrogen) atoms. The molecule has 1 aromatic heterocycles. The molecule has 126 valence electrons. The zero-order chi connectivity index (χ0) is 17.6. The molecule has 0 saturated carbocycles. The van der Waals surface area contributed by atoms with E-state index in [1.807, 2.05) is 24.3 Å². The van der Waals surface area contributed by atoms with Crippen molar-refractivity contribution in [3.63, 3.8) is 0 Å². The minimum absolute atomic E-state index is 0.125. The molecule has 0 bridgehead atoms. The van der Waals surface area contributed by atoms with Gasteiger partial charge in [0.15, 0.2) is 5.58 Å². The Morgan fingerprint density at radius 2 is 2.08 bits per heavy atom. The predicted molar refractivity (Wildman–Crippen MR) is 95.8 cm³/mol. The zero-order valence-electron chi connectivity index (χ0n) is 12.9. The molecule has 0 spiro atoms. The normalized spacial score (nSPS) is 17.4. The molecule has 1 saturated heterocycles. The van der Waals surface area contributed by atoms with Crippen molar-refractivity contribution in [3.05, 3.63) is 47.5 Å². The van der Waals surface area contributed by atoms with Crippen molar-refractivity contribution in [2.45, 2.75) is 6.42 Å². The van der Waals surface area contributed by atoms with E-state index in [1.54, 1.807) is 23.1 Å². The van der Waals surface area contributed by atoms with Crippen LogP contribution in [0.5, 0.6) is 0 Å². The molecule has 1 aliphatic rings. The second-order valence-corrected chi connectivity index (χ2v) is 6.70. The van der Waals surface area contributed by atoms with Gasteiger partial charge in [-0.05, 0) is 48.0 Å². The van der Waals surface area contributed by atoms with Crippen LogP contribution in [0.15, 0.2) is 46.9 Å². The van der Waals surface area contributed by atoms with Gasteiger partial charge < -0.3 is 9.32 Å². The SMILES string of the molecule is O=C(Cl)[C@H]1CC(=O)N(c2cccc(-c3nc4cc(Cl)ccc4o3)c2)C1. The quantitative estimate of drug-likeness (QED) is 0.642. The fourth-order valence-electron chi connectivity index (χ4n) is 2.94. The van der Waals surface area contributed by atoms with Crippen molar-refractivity contribution < 1.29 is 14.0 Å². The number of hydrogen-bond acceptors (Lipinski definition) is 4. The molecule has 0 radical (unpaired) electrons. The first-order chi connectivity index (χ1) is 12.0. The van der Waals surface area contributed by atoms with E-state index in [2.05, 4.69) is 4.98 Å². The molecule has 1 atom stereocenters. The van der Waals surface area contributed by atoms with Gasteiger partial charge >= 0.3 is 0 Å². The number of rotatable bonds is 3. The van der Waals surface area contributed by atoms with Gasteiger partial charge in [0.2, 0.25) is 17.0 Å². The van der Waals surface area contributed by atoms with Crippen LogP contribution in [0.25, 0.3) is 22.6 Å². The van der Waals surface area contributed by atoms with Crippen LogP contribution in [0.4, 0.5) is 5.69 Å². The molecule has 0 aliphatic carbocycles. The van der Waals surface area contributed by atoms with Crippen molar-refractivity contribution >= 4 is 51.1 Å². The van der Waals surface area contributed by atoms with Gasteiger partial charge in [0.1, 0.15) is 5.52 Å². The van der Waals surface area contributed by atoms with Gasteiger partial charge in [-0.25, -0.2) is 4.98 Å². The number of oxazole rings is 1. The highest BCUT2D eigenvalue weighted by molar-refractivity contribution is 6.64. The number of fused-ring (bicyclic) bond motifs is 1. The predicted octanol–water partition coefficient (Wildman–Crippen LogP) is 4.27. The van der Waals surface area contributed by atoms with Gasteiger partial charge in [0.25, 0.3) is 0 Å². The Kier molecular flexibility index (Phi) is 3.98. The molecule has 0 unspecified atom stereocenters. The molecule has 7 heteroatoms. The lowest BCUT2D eigenvalue weighted by Gasteiger charge is -2.16. The summed E-state index contributed by atoms with van der Waals surface area (Å²) in [6, 6.07) is 12.5. The second-order valence-electron chi connectivity index (χ2n) is 5.89. The van der Waals surface area contributed by atoms with Crippen LogP contribution < -0.4 is 4.90 Å². The standard InChI is InChI=1S/C18H12Cl2N2O3/c19-12-4-5-15-14(8-12)21-18(25-15)10-2-1-3-13(6-10)22-9-11(17(20)24)7-16(22)23/h1-6,8,11H,7,9H2/t11-/m0/s1. The Labute approximate surface area is 153 Å². The molecule has 2 heterocycles. The number of nitrogens with zero attached hydrogens (tertiary/aromatic N) is 2. The van der Waals surface area contributed by atoms with E-state index in [4.69, 9.17) is 27.6 Å². The van der Waals surface area contributed by atoms with Crippen LogP contribution in [0.1, 0.15) is 6.42 Å². The molecule has 0 N–H and O–H groups in total. The average molecular weight is 375 g/mol. The van der Waals surface area contributed by atoms with Crippen molar-refractivity contribution in [1.82, 2.24) is 4.98 Å². The third-order valence-corrected chi connectivity index (χ3v) is 4.74. The molecule has 4 rings (SSSR count). The number of amides is 1. The summed E-state index contributed by atoms with van der Waals surface area (Å²) in [6.45, 7) is 0.286. The Morgan fingerprint density at radius 1 is 1.24 bits per heavy atom. The lowest BCUT2D eigenvalue weighted by atomic mass is 10.1. The number of hydrogen-bond donors (Lipinski definition) is 0. The van der Waals surface area contributed by atoms with Crippen LogP contribution >= 0.6 is 23.2 Å². The fourth-order valence-corrected chi connectivity index (χ4v) is 3.25. The third-order valence-electron chi connectivity index (χ3n) is 4.20. The summed E-state index contributed by atoms with van der Waals surface area (Å²) < 4.78 is 5.76. The van der Waals surface area contributed by atoms with Gasteiger partial charge in [-0.2, -0.15) is 0 Å². The maximum Gasteiger partial charge on any atom is 0.227 e. The van der Waals surface area contributed by atoms with Crippen molar-refractivity contribution in [2.75, 3.05) is 11.4 Å². The minimum atomic E-state index is -0.483. The Hall–Kier alpha value is -2.37. The summed E-state index contributed by atoms with van der Waals surface area (Å²) in [5, 5.41) is 0.100. The summed E-state index contributed by atoms with van der Waals surface area (Å²) >= 11 is 11.5. The first-order valence-electron chi connectivity index (χ1n) is 7.67. The highest BCUT2D eigenvalue weighted by Crippen LogP contribution is 2.31. The van der Waals surface area contributed by atoms with Gasteiger partial charge in [-0.15, -0.1) is 0 Å². The number of benzene rings is 2. The van der Waals surface area contributed by atoms with E-state index in [0.717, 1.165) is 5.56 Å². The molecule has 1 fully saturated rings. The van der Waals surface area contributed by atoms with Gasteiger partial charge in [0, 0.05) is 29.2 Å². The van der Waals surface area contributed by atoms with Crippen LogP contribution in [-0.4, -0.2) is 22.7 Å². The van der Waals surface area contributed by atoms with Gasteiger partial charge in [-0.3, -0.25) is 9.59 Å². The smallest absolute Gasteiger partial charge is 0.227 e. The summed E-state index contributed by atoms with van der Waals surface area (Å²) in [5.41, 5.74) is 2.72. The first-order valence-corrected chi connectivity index (χ1v) is 8.43. The molecular formula is C18H12Cl2N2O3. The van der Waals surface area contributed by atoms with Crippen molar-refractivity contribution in [2.24, 2.45) is 5.92 Å². The van der Waals surface area contributed by atoms with Crippen molar-refractivity contribution in [3.8, 4) is 11.5 Å². The van der Waals surface area contributed by atoms with Gasteiger partial charge in [0.05, 0.1) is 5.92 Å². The van der Waals surface area contributed by atoms with E-state index in [9.17, 15) is 9.59 Å². The number of aromatic nitrogens is 1. The van der Waals surface area contributed by atoms with Crippen molar-refractivity contribution in [1.29, 1.82) is 0 Å². The number of carbonyl (C=O) groups is 2. The third kappa shape index (κ3) is 3.01. The Morgan fingerprint density at radius 3 is 2.84 bits per heavy atom. The molecule has 2 aromatic carbocycles. The number of carbonyl (C=O) groups excluding carboxylic acids is 2. The molecule has 3 aromatic rings. The molecule has 1 amide bonds. The lowest BCUT2D eigenvalue weighted by Crippen LogP contribution is -2.25. The Balaban J connectivity index is 1.69. The largest absolute Gasteiger partial charge is 0.436 e. The zero-order valence-corrected chi connectivity index (χ0v) is 14.4. The average Bonchev–Trinajstić information content (AvgIpc) is 3.18. The minimum Gasteiger partial charge on any atom is -0.436 e. The molecule has 1 aliphatic heterocycles. The van der Waals surface area contributed by atoms with Crippen LogP contribution in [0, 0.1) is 5.92 Å². The van der Waals surface area contributed by atoms with Crippen LogP contribution in [0.2, 0.25) is 5.02 Å². The lowest BCUT2D eigenvalue weighted by molar-refractivity contribution is -0.120. The maximum atomic E-state index is 12.2. The van der Waals surface area contributed by atoms with E-state index >= 15 is 0 Å². The summed E-state index contributed by atoms with van der Waals surface area (Å²) in [7, 11) is 0. The second kappa shape index (κ2) is 6.17. The van der Waals surface area contributed by atoms with E-state index < -0.39 is 11.2 Å². The highest BCUT2D eigenvalue weighted by atomic mass is 35.5. The summed E-state index contributed by atoms with van der Waals surface area (Å²) in [6.07, 6.45) is 0.133. The topological polar surface area (TPSA) is 63.4 Å². The van der Waals surface area contributed by atoms with Crippen LogP contribution in [-0.2, 0) is 9.59 Å². The maximum absolute atomic E-state index is 12.2. The van der Waals surface area contributed by atoms with E-state index in [-0.39, 0.29) is 18.9 Å². The summed E-state index contributed by atoms with van der Waals surface area (Å²) in [4.78, 5) is 29.5. The number of halogens is 2. The van der Waals surface area contributed by atoms with E-state index in [0.29, 0.717) is 27.7 Å². The van der Waals surface area contributed by atoms with E-state index in [1.165, 1.54) is 0 Å². The highest BCUT2D eigenvalue weighted by Gasteiger charge is 2.34. The Bertz CT molecular complexity index is 999. The molecular weight excluding hydrogens is 363 g/mol. The molecule has 5 nitrogen and oxygen atoms in total. The number of anilines is 1. The van der Waals surface area contributed by atoms with Gasteiger partial charge in [-0.1, -0.05) is 17.7 Å². The van der Waals surface area contributed by atoms with Crippen LogP contribution in [0.3, 0.4) is 0 Å². The fraction of sp³-hybridized carbons (Fsp3) is 0.167. The first kappa shape index (κ1) is 16.1. The summed E-state index contributed by atoms with van der Waals surface area (Å²) in [5.74, 6) is -0.152.